The Kier molecular flexibility index (Phi) is 4.01. The summed E-state index contributed by atoms with van der Waals surface area (Å²) in [5.74, 6) is 7.82. The lowest BCUT2D eigenvalue weighted by Crippen LogP contribution is -2.11. The Hall–Kier alpha value is -2.08. The van der Waals surface area contributed by atoms with E-state index in [1.807, 2.05) is 13.0 Å². The van der Waals surface area contributed by atoms with Gasteiger partial charge in [0.05, 0.1) is 0 Å². The topological polar surface area (TPSA) is 89.6 Å². The number of nitrogens with zero attached hydrogens (tertiary/aromatic N) is 4. The van der Waals surface area contributed by atoms with Crippen molar-refractivity contribution in [2.24, 2.45) is 11.8 Å². The van der Waals surface area contributed by atoms with Crippen LogP contribution in [-0.4, -0.2) is 19.9 Å². The van der Waals surface area contributed by atoms with E-state index in [9.17, 15) is 0 Å². The van der Waals surface area contributed by atoms with E-state index >= 15 is 0 Å². The predicted octanol–water partition coefficient (Wildman–Crippen LogP) is 1.73. The molecule has 0 aliphatic rings. The molecule has 6 heteroatoms. The van der Waals surface area contributed by atoms with Crippen LogP contribution in [0.5, 0.6) is 0 Å². The molecule has 0 fully saturated rings. The van der Waals surface area contributed by atoms with Crippen LogP contribution in [0.3, 0.4) is 0 Å². The van der Waals surface area contributed by atoms with Crippen LogP contribution in [0.25, 0.3) is 11.5 Å². The van der Waals surface area contributed by atoms with Crippen LogP contribution in [0.1, 0.15) is 25.4 Å². The van der Waals surface area contributed by atoms with Crippen molar-refractivity contribution in [3.8, 4) is 11.5 Å². The fourth-order valence-corrected chi connectivity index (χ4v) is 1.79. The van der Waals surface area contributed by atoms with E-state index in [4.69, 9.17) is 5.84 Å². The maximum atomic E-state index is 5.45. The van der Waals surface area contributed by atoms with Gasteiger partial charge in [0, 0.05) is 18.0 Å². The zero-order valence-corrected chi connectivity index (χ0v) is 11.4. The molecule has 0 atom stereocenters. The zero-order chi connectivity index (χ0) is 13.8. The first-order valence-corrected chi connectivity index (χ1v) is 6.23. The van der Waals surface area contributed by atoms with Crippen LogP contribution in [0.2, 0.25) is 0 Å². The Morgan fingerprint density at radius 1 is 1.26 bits per heavy atom. The first kappa shape index (κ1) is 13.4. The number of hydrogen-bond donors (Lipinski definition) is 2. The number of rotatable bonds is 4. The van der Waals surface area contributed by atoms with Crippen LogP contribution < -0.4 is 11.3 Å². The molecule has 2 aromatic heterocycles. The second-order valence-electron chi connectivity index (χ2n) is 4.80. The Labute approximate surface area is 112 Å². The second kappa shape index (κ2) is 5.71. The largest absolute Gasteiger partial charge is 0.308 e. The van der Waals surface area contributed by atoms with E-state index in [-0.39, 0.29) is 0 Å². The quantitative estimate of drug-likeness (QED) is 0.641. The summed E-state index contributed by atoms with van der Waals surface area (Å²) in [7, 11) is 0. The molecule has 100 valence electrons. The van der Waals surface area contributed by atoms with Gasteiger partial charge >= 0.3 is 0 Å². The van der Waals surface area contributed by atoms with Crippen LogP contribution >= 0.6 is 0 Å². The highest BCUT2D eigenvalue weighted by Crippen LogP contribution is 2.17. The van der Waals surface area contributed by atoms with Gasteiger partial charge in [0.25, 0.3) is 0 Å². The lowest BCUT2D eigenvalue weighted by atomic mass is 10.1. The third kappa shape index (κ3) is 3.45. The van der Waals surface area contributed by atoms with Crippen molar-refractivity contribution in [3.63, 3.8) is 0 Å². The predicted molar refractivity (Wildman–Crippen MR) is 74.1 cm³/mol. The van der Waals surface area contributed by atoms with Crippen LogP contribution in [0.15, 0.2) is 18.3 Å². The summed E-state index contributed by atoms with van der Waals surface area (Å²) in [5, 5.41) is 0. The SMILES string of the molecule is Cc1nccc(-c2nc(CC(C)C)cc(NN)n2)n1. The highest BCUT2D eigenvalue weighted by Gasteiger charge is 2.09. The molecule has 2 aromatic rings. The molecule has 0 unspecified atom stereocenters. The molecule has 0 saturated carbocycles. The molecule has 0 saturated heterocycles. The summed E-state index contributed by atoms with van der Waals surface area (Å²) in [4.78, 5) is 17.3. The summed E-state index contributed by atoms with van der Waals surface area (Å²) < 4.78 is 0. The van der Waals surface area contributed by atoms with Gasteiger partial charge in [-0.15, -0.1) is 0 Å². The van der Waals surface area contributed by atoms with Crippen molar-refractivity contribution < 1.29 is 0 Å². The third-order valence-corrected chi connectivity index (χ3v) is 2.55. The molecule has 6 nitrogen and oxygen atoms in total. The average molecular weight is 258 g/mol. The molecule has 2 rings (SSSR count). The summed E-state index contributed by atoms with van der Waals surface area (Å²) >= 11 is 0. The van der Waals surface area contributed by atoms with Crippen LogP contribution in [0.4, 0.5) is 5.82 Å². The molecular formula is C13H18N6. The molecular weight excluding hydrogens is 240 g/mol. The third-order valence-electron chi connectivity index (χ3n) is 2.55. The average Bonchev–Trinajstić information content (AvgIpc) is 2.37. The number of nitrogens with two attached hydrogens (primary N) is 1. The first-order valence-electron chi connectivity index (χ1n) is 6.23. The van der Waals surface area contributed by atoms with Crippen molar-refractivity contribution in [1.29, 1.82) is 0 Å². The molecule has 0 aliphatic carbocycles. The minimum absolute atomic E-state index is 0.514. The fraction of sp³-hybridized carbons (Fsp3) is 0.385. The molecule has 19 heavy (non-hydrogen) atoms. The van der Waals surface area contributed by atoms with Crippen molar-refractivity contribution in [1.82, 2.24) is 19.9 Å². The van der Waals surface area contributed by atoms with Crippen molar-refractivity contribution >= 4 is 5.82 Å². The summed E-state index contributed by atoms with van der Waals surface area (Å²) in [6.07, 6.45) is 2.57. The summed E-state index contributed by atoms with van der Waals surface area (Å²) in [5.41, 5.74) is 4.22. The Balaban J connectivity index is 2.44. The second-order valence-corrected chi connectivity index (χ2v) is 4.80. The lowest BCUT2D eigenvalue weighted by molar-refractivity contribution is 0.634. The van der Waals surface area contributed by atoms with Crippen LogP contribution in [0, 0.1) is 12.8 Å². The van der Waals surface area contributed by atoms with E-state index < -0.39 is 0 Å². The number of anilines is 1. The van der Waals surface area contributed by atoms with E-state index in [1.54, 1.807) is 12.3 Å². The molecule has 0 bridgehead atoms. The van der Waals surface area contributed by atoms with Gasteiger partial charge in [-0.3, -0.25) is 0 Å². The first-order chi connectivity index (χ1) is 9.08. The zero-order valence-electron chi connectivity index (χ0n) is 11.4. The number of nitrogen functional groups attached to an aromatic ring is 1. The van der Waals surface area contributed by atoms with E-state index in [1.165, 1.54) is 0 Å². The Morgan fingerprint density at radius 2 is 2.05 bits per heavy atom. The highest BCUT2D eigenvalue weighted by molar-refractivity contribution is 5.52. The Morgan fingerprint density at radius 3 is 2.68 bits per heavy atom. The molecule has 2 heterocycles. The fourth-order valence-electron chi connectivity index (χ4n) is 1.79. The number of nitrogens with one attached hydrogen (secondary N) is 1. The van der Waals surface area contributed by atoms with E-state index in [0.717, 1.165) is 12.1 Å². The number of hydrogen-bond acceptors (Lipinski definition) is 6. The van der Waals surface area contributed by atoms with Gasteiger partial charge in [0.2, 0.25) is 0 Å². The number of hydrazine groups is 1. The molecule has 0 amide bonds. The van der Waals surface area contributed by atoms with Crippen LogP contribution in [-0.2, 0) is 6.42 Å². The molecule has 0 aliphatic heterocycles. The van der Waals surface area contributed by atoms with Crippen molar-refractivity contribution in [3.05, 3.63) is 29.8 Å². The molecule has 3 N–H and O–H groups in total. The smallest absolute Gasteiger partial charge is 0.180 e. The van der Waals surface area contributed by atoms with Gasteiger partial charge in [-0.2, -0.15) is 0 Å². The van der Waals surface area contributed by atoms with Gasteiger partial charge in [-0.25, -0.2) is 25.8 Å². The lowest BCUT2D eigenvalue weighted by Gasteiger charge is -2.09. The molecule has 0 aromatic carbocycles. The van der Waals surface area contributed by atoms with Gasteiger partial charge in [0.15, 0.2) is 5.82 Å². The minimum Gasteiger partial charge on any atom is -0.308 e. The standard InChI is InChI=1S/C13H18N6/c1-8(2)6-10-7-12(19-14)18-13(17-10)11-4-5-15-9(3)16-11/h4-5,7-8H,6,14H2,1-3H3,(H,17,18,19). The van der Waals surface area contributed by atoms with E-state index in [0.29, 0.717) is 29.1 Å². The van der Waals surface area contributed by atoms with E-state index in [2.05, 4.69) is 39.2 Å². The van der Waals surface area contributed by atoms with Gasteiger partial charge in [0.1, 0.15) is 17.3 Å². The maximum absolute atomic E-state index is 5.45. The highest BCUT2D eigenvalue weighted by atomic mass is 15.3. The molecule has 0 spiro atoms. The van der Waals surface area contributed by atoms with Crippen molar-refractivity contribution in [2.75, 3.05) is 5.43 Å². The van der Waals surface area contributed by atoms with Gasteiger partial charge < -0.3 is 5.43 Å². The maximum Gasteiger partial charge on any atom is 0.180 e. The monoisotopic (exact) mass is 258 g/mol. The van der Waals surface area contributed by atoms with Gasteiger partial charge in [-0.05, 0) is 25.3 Å². The summed E-state index contributed by atoms with van der Waals surface area (Å²) in [6.45, 7) is 6.13. The normalized spacial score (nSPS) is 10.8. The molecule has 0 radical (unpaired) electrons. The number of aryl methyl sites for hydroxylation is 1. The Bertz CT molecular complexity index is 567. The van der Waals surface area contributed by atoms with Crippen molar-refractivity contribution in [2.45, 2.75) is 27.2 Å². The number of aromatic nitrogens is 4. The van der Waals surface area contributed by atoms with Gasteiger partial charge in [-0.1, -0.05) is 13.8 Å². The summed E-state index contributed by atoms with van der Waals surface area (Å²) in [6, 6.07) is 3.65. The minimum atomic E-state index is 0.514.